The van der Waals surface area contributed by atoms with Crippen molar-refractivity contribution in [2.24, 2.45) is 0 Å². The number of hydrogen-bond donors (Lipinski definition) is 1. The number of nitrogens with one attached hydrogen (secondary N) is 1. The van der Waals surface area contributed by atoms with Gasteiger partial charge in [0.05, 0.1) is 38.3 Å². The third kappa shape index (κ3) is 6.53. The predicted octanol–water partition coefficient (Wildman–Crippen LogP) is 1.98. The molecule has 1 N–H and O–H groups in total. The quantitative estimate of drug-likeness (QED) is 0.342. The monoisotopic (exact) mass is 455 g/mol. The van der Waals surface area contributed by atoms with Gasteiger partial charge >= 0.3 is 11.9 Å². The van der Waals surface area contributed by atoms with Gasteiger partial charge in [0.2, 0.25) is 0 Å². The second-order valence-corrected chi connectivity index (χ2v) is 7.19. The lowest BCUT2D eigenvalue weighted by Crippen LogP contribution is -2.26. The number of hydrogen-bond acceptors (Lipinski definition) is 9. The van der Waals surface area contributed by atoms with Crippen LogP contribution >= 0.6 is 0 Å². The standard InChI is InChI=1S/C23H25N3O7/c1-26(12-21-24-16-6-4-5-7-17(16)25-21)11-18(27)15-8-9-19(32-13-22(28)30-2)20(10-15)33-14-23(29)31-3/h4-10H,11-14H2,1-3H3,(H,24,25). The number of benzene rings is 2. The number of carbonyl (C=O) groups excluding carboxylic acids is 3. The van der Waals surface area contributed by atoms with Gasteiger partial charge in [0.15, 0.2) is 30.5 Å². The maximum atomic E-state index is 12.9. The topological polar surface area (TPSA) is 120 Å². The molecule has 0 spiro atoms. The third-order valence-electron chi connectivity index (χ3n) is 4.68. The second-order valence-electron chi connectivity index (χ2n) is 7.19. The van der Waals surface area contributed by atoms with Crippen LogP contribution in [0.4, 0.5) is 0 Å². The summed E-state index contributed by atoms with van der Waals surface area (Å²) >= 11 is 0. The van der Waals surface area contributed by atoms with Gasteiger partial charge in [-0.15, -0.1) is 0 Å². The van der Waals surface area contributed by atoms with Crippen LogP contribution in [0.15, 0.2) is 42.5 Å². The van der Waals surface area contributed by atoms with E-state index in [1.807, 2.05) is 36.2 Å². The Bertz CT molecular complexity index is 1110. The molecule has 0 atom stereocenters. The Balaban J connectivity index is 1.69. The SMILES string of the molecule is COC(=O)COc1ccc(C(=O)CN(C)Cc2nc3ccccc3[nH]2)cc1OCC(=O)OC. The molecule has 0 bridgehead atoms. The molecule has 0 unspecified atom stereocenters. The Morgan fingerprint density at radius 2 is 1.61 bits per heavy atom. The molecule has 3 aromatic rings. The average molecular weight is 455 g/mol. The first kappa shape index (κ1) is 23.7. The highest BCUT2D eigenvalue weighted by Gasteiger charge is 2.17. The summed E-state index contributed by atoms with van der Waals surface area (Å²) in [4.78, 5) is 45.3. The zero-order valence-corrected chi connectivity index (χ0v) is 18.6. The summed E-state index contributed by atoms with van der Waals surface area (Å²) in [6.07, 6.45) is 0. The van der Waals surface area contributed by atoms with E-state index in [0.717, 1.165) is 16.9 Å². The molecule has 0 aliphatic carbocycles. The van der Waals surface area contributed by atoms with Gasteiger partial charge in [-0.05, 0) is 37.4 Å². The number of H-pyrrole nitrogens is 1. The Labute approximate surface area is 190 Å². The molecule has 1 aromatic heterocycles. The summed E-state index contributed by atoms with van der Waals surface area (Å²) in [5.41, 5.74) is 2.15. The molecule has 33 heavy (non-hydrogen) atoms. The minimum absolute atomic E-state index is 0.121. The number of para-hydroxylation sites is 2. The number of rotatable bonds is 11. The van der Waals surface area contributed by atoms with Crippen LogP contribution in [0.25, 0.3) is 11.0 Å². The third-order valence-corrected chi connectivity index (χ3v) is 4.68. The van der Waals surface area contributed by atoms with Crippen LogP contribution in [0.5, 0.6) is 11.5 Å². The van der Waals surface area contributed by atoms with E-state index in [1.165, 1.54) is 26.4 Å². The molecule has 0 amide bonds. The number of aromatic amines is 1. The molecule has 10 nitrogen and oxygen atoms in total. The Hall–Kier alpha value is -3.92. The molecule has 3 rings (SSSR count). The molecule has 0 radical (unpaired) electrons. The number of Topliss-reactive ketones (excluding diaryl/α,β-unsaturated/α-hetero) is 1. The highest BCUT2D eigenvalue weighted by atomic mass is 16.6. The largest absolute Gasteiger partial charge is 0.478 e. The van der Waals surface area contributed by atoms with E-state index in [-0.39, 0.29) is 37.0 Å². The molecule has 0 aliphatic heterocycles. The first-order valence-corrected chi connectivity index (χ1v) is 10.1. The molecule has 0 saturated heterocycles. The predicted molar refractivity (Wildman–Crippen MR) is 118 cm³/mol. The van der Waals surface area contributed by atoms with E-state index >= 15 is 0 Å². The lowest BCUT2D eigenvalue weighted by Gasteiger charge is -2.16. The van der Waals surface area contributed by atoms with E-state index in [0.29, 0.717) is 12.1 Å². The first-order valence-electron chi connectivity index (χ1n) is 10.1. The second kappa shape index (κ2) is 11.1. The Kier molecular flexibility index (Phi) is 7.98. The summed E-state index contributed by atoms with van der Waals surface area (Å²) in [6.45, 7) is -0.157. The van der Waals surface area contributed by atoms with Crippen LogP contribution in [0.3, 0.4) is 0 Å². The molecular weight excluding hydrogens is 430 g/mol. The molecule has 2 aromatic carbocycles. The molecule has 1 heterocycles. The van der Waals surface area contributed by atoms with Gasteiger partial charge in [-0.1, -0.05) is 12.1 Å². The number of likely N-dealkylation sites (N-methyl/N-ethyl adjacent to an activating group) is 1. The van der Waals surface area contributed by atoms with Gasteiger partial charge in [-0.2, -0.15) is 0 Å². The fourth-order valence-electron chi connectivity index (χ4n) is 3.03. The molecular formula is C23H25N3O7. The van der Waals surface area contributed by atoms with Gasteiger partial charge in [-0.3, -0.25) is 9.69 Å². The van der Waals surface area contributed by atoms with Crippen LogP contribution in [-0.2, 0) is 25.6 Å². The van der Waals surface area contributed by atoms with Gasteiger partial charge in [-0.25, -0.2) is 14.6 Å². The van der Waals surface area contributed by atoms with Gasteiger partial charge in [0.25, 0.3) is 0 Å². The number of fused-ring (bicyclic) bond motifs is 1. The van der Waals surface area contributed by atoms with Crippen molar-refractivity contribution in [2.45, 2.75) is 6.54 Å². The molecule has 0 saturated carbocycles. The summed E-state index contributed by atoms with van der Waals surface area (Å²) in [7, 11) is 4.29. The smallest absolute Gasteiger partial charge is 0.343 e. The number of imidazole rings is 1. The van der Waals surface area contributed by atoms with Gasteiger partial charge in [0, 0.05) is 5.56 Å². The van der Waals surface area contributed by atoms with E-state index in [4.69, 9.17) is 9.47 Å². The minimum Gasteiger partial charge on any atom is -0.478 e. The van der Waals surface area contributed by atoms with Gasteiger partial charge < -0.3 is 23.9 Å². The maximum absolute atomic E-state index is 12.9. The zero-order chi connectivity index (χ0) is 23.8. The van der Waals surface area contributed by atoms with Crippen LogP contribution in [0, 0.1) is 0 Å². The zero-order valence-electron chi connectivity index (χ0n) is 18.6. The van der Waals surface area contributed by atoms with Crippen molar-refractivity contribution in [3.63, 3.8) is 0 Å². The van der Waals surface area contributed by atoms with Crippen LogP contribution in [0.1, 0.15) is 16.2 Å². The highest BCUT2D eigenvalue weighted by molar-refractivity contribution is 5.98. The molecule has 10 heteroatoms. The molecule has 174 valence electrons. The van der Waals surface area contributed by atoms with E-state index in [1.54, 1.807) is 6.07 Å². The van der Waals surface area contributed by atoms with Crippen LogP contribution < -0.4 is 9.47 Å². The number of esters is 2. The normalized spacial score (nSPS) is 10.8. The van der Waals surface area contributed by atoms with Crippen molar-refractivity contribution in [2.75, 3.05) is 41.0 Å². The van der Waals surface area contributed by atoms with Gasteiger partial charge in [0.1, 0.15) is 5.82 Å². The minimum atomic E-state index is -0.601. The number of carbonyl (C=O) groups is 3. The molecule has 0 fully saturated rings. The summed E-state index contributed by atoms with van der Waals surface area (Å²) in [6, 6.07) is 12.2. The van der Waals surface area contributed by atoms with Crippen molar-refractivity contribution in [3.05, 3.63) is 53.9 Å². The fourth-order valence-corrected chi connectivity index (χ4v) is 3.03. The number of ketones is 1. The number of nitrogens with zero attached hydrogens (tertiary/aromatic N) is 2. The highest BCUT2D eigenvalue weighted by Crippen LogP contribution is 2.29. The summed E-state index contributed by atoms with van der Waals surface area (Å²) in [5, 5.41) is 0. The van der Waals surface area contributed by atoms with Crippen molar-refractivity contribution in [3.8, 4) is 11.5 Å². The van der Waals surface area contributed by atoms with E-state index in [2.05, 4.69) is 19.4 Å². The lowest BCUT2D eigenvalue weighted by molar-refractivity contribution is -0.144. The molecule has 0 aliphatic rings. The Morgan fingerprint density at radius 1 is 0.939 bits per heavy atom. The average Bonchev–Trinajstić information content (AvgIpc) is 3.22. The van der Waals surface area contributed by atoms with Crippen molar-refractivity contribution < 1.29 is 33.3 Å². The van der Waals surface area contributed by atoms with Crippen molar-refractivity contribution in [1.82, 2.24) is 14.9 Å². The lowest BCUT2D eigenvalue weighted by atomic mass is 10.1. The van der Waals surface area contributed by atoms with Crippen molar-refractivity contribution in [1.29, 1.82) is 0 Å². The Morgan fingerprint density at radius 3 is 2.27 bits per heavy atom. The number of ether oxygens (including phenoxy) is 4. The maximum Gasteiger partial charge on any atom is 0.343 e. The summed E-state index contributed by atoms with van der Waals surface area (Å²) in [5.74, 6) is -0.278. The van der Waals surface area contributed by atoms with Crippen molar-refractivity contribution >= 4 is 28.8 Å². The van der Waals surface area contributed by atoms with E-state index < -0.39 is 11.9 Å². The van der Waals surface area contributed by atoms with Crippen LogP contribution in [-0.4, -0.2) is 73.6 Å². The van der Waals surface area contributed by atoms with Crippen LogP contribution in [0.2, 0.25) is 0 Å². The number of methoxy groups -OCH3 is 2. The summed E-state index contributed by atoms with van der Waals surface area (Å²) < 4.78 is 20.0. The first-order chi connectivity index (χ1) is 15.9. The fraction of sp³-hybridized carbons (Fsp3) is 0.304. The van der Waals surface area contributed by atoms with E-state index in [9.17, 15) is 14.4 Å². The number of aromatic nitrogens is 2.